The van der Waals surface area contributed by atoms with E-state index in [9.17, 15) is 15.0 Å². The predicted octanol–water partition coefficient (Wildman–Crippen LogP) is 2.68. The van der Waals surface area contributed by atoms with Crippen LogP contribution in [0.3, 0.4) is 0 Å². The van der Waals surface area contributed by atoms with E-state index in [-0.39, 0.29) is 29.5 Å². The van der Waals surface area contributed by atoms with Gasteiger partial charge in [0.1, 0.15) is 23.0 Å². The van der Waals surface area contributed by atoms with Crippen LogP contribution in [0.4, 0.5) is 0 Å². The highest BCUT2D eigenvalue weighted by Gasteiger charge is 2.14. The van der Waals surface area contributed by atoms with Gasteiger partial charge < -0.3 is 19.7 Å². The second-order valence-electron chi connectivity index (χ2n) is 4.54. The summed E-state index contributed by atoms with van der Waals surface area (Å²) >= 11 is 0. The van der Waals surface area contributed by atoms with Crippen molar-refractivity contribution in [2.45, 2.75) is 6.92 Å². The predicted molar refractivity (Wildman–Crippen MR) is 77.3 cm³/mol. The molecule has 2 aromatic carbocycles. The minimum absolute atomic E-state index is 0.0554. The molecule has 2 aromatic rings. The van der Waals surface area contributed by atoms with Crippen molar-refractivity contribution in [1.29, 1.82) is 0 Å². The van der Waals surface area contributed by atoms with Crippen LogP contribution in [0.2, 0.25) is 0 Å². The van der Waals surface area contributed by atoms with Gasteiger partial charge in [0.05, 0.1) is 12.7 Å². The van der Waals surface area contributed by atoms with E-state index in [1.54, 1.807) is 38.3 Å². The Hall–Kier alpha value is -2.69. The summed E-state index contributed by atoms with van der Waals surface area (Å²) < 4.78 is 10.4. The molecule has 5 heteroatoms. The molecule has 0 fully saturated rings. The molecule has 0 amide bonds. The van der Waals surface area contributed by atoms with Gasteiger partial charge in [-0.15, -0.1) is 0 Å². The maximum Gasteiger partial charge on any atom is 0.203 e. The molecule has 5 nitrogen and oxygen atoms in total. The van der Waals surface area contributed by atoms with Gasteiger partial charge in [0.25, 0.3) is 0 Å². The number of benzene rings is 2. The van der Waals surface area contributed by atoms with Crippen molar-refractivity contribution >= 4 is 5.78 Å². The Labute approximate surface area is 122 Å². The molecular weight excluding hydrogens is 272 g/mol. The number of ketones is 1. The Morgan fingerprint density at radius 3 is 2.29 bits per heavy atom. The Kier molecular flexibility index (Phi) is 4.33. The average Bonchev–Trinajstić information content (AvgIpc) is 2.49. The number of rotatable bonds is 5. The lowest BCUT2D eigenvalue weighted by molar-refractivity contribution is 0.0918. The van der Waals surface area contributed by atoms with Crippen LogP contribution in [0, 0.1) is 6.92 Å². The van der Waals surface area contributed by atoms with E-state index in [0.29, 0.717) is 17.1 Å². The number of aryl methyl sites for hydroxylation is 1. The third kappa shape index (κ3) is 3.45. The Morgan fingerprint density at radius 2 is 1.67 bits per heavy atom. The van der Waals surface area contributed by atoms with Crippen LogP contribution in [0.1, 0.15) is 15.9 Å². The number of Topliss-reactive ketones (excluding diaryl/α,β-unsaturated/α-hetero) is 1. The molecule has 110 valence electrons. The molecule has 0 aromatic heterocycles. The normalized spacial score (nSPS) is 10.2. The van der Waals surface area contributed by atoms with E-state index >= 15 is 0 Å². The molecular formula is C16H16O5. The van der Waals surface area contributed by atoms with Crippen molar-refractivity contribution in [2.24, 2.45) is 0 Å². The van der Waals surface area contributed by atoms with Crippen molar-refractivity contribution in [2.75, 3.05) is 13.7 Å². The second kappa shape index (κ2) is 6.17. The van der Waals surface area contributed by atoms with Gasteiger partial charge in [0.15, 0.2) is 6.61 Å². The zero-order valence-electron chi connectivity index (χ0n) is 11.8. The van der Waals surface area contributed by atoms with Crippen molar-refractivity contribution in [1.82, 2.24) is 0 Å². The molecule has 0 saturated carbocycles. The van der Waals surface area contributed by atoms with Crippen molar-refractivity contribution < 1.29 is 24.5 Å². The number of hydrogen-bond donors (Lipinski definition) is 2. The number of carbonyl (C=O) groups is 1. The average molecular weight is 288 g/mol. The summed E-state index contributed by atoms with van der Waals surface area (Å²) in [6, 6.07) is 9.41. The molecule has 2 rings (SSSR count). The summed E-state index contributed by atoms with van der Waals surface area (Å²) in [6.45, 7) is 1.44. The number of aromatic hydroxyl groups is 2. The zero-order valence-corrected chi connectivity index (χ0v) is 11.8. The number of methoxy groups -OCH3 is 1. The fourth-order valence-corrected chi connectivity index (χ4v) is 1.81. The zero-order chi connectivity index (χ0) is 15.4. The highest BCUT2D eigenvalue weighted by atomic mass is 16.5. The summed E-state index contributed by atoms with van der Waals surface area (Å²) in [4.78, 5) is 12.0. The van der Waals surface area contributed by atoms with Gasteiger partial charge >= 0.3 is 0 Å². The van der Waals surface area contributed by atoms with Crippen LogP contribution in [0.25, 0.3) is 0 Å². The molecule has 0 bridgehead atoms. The number of carbonyl (C=O) groups excluding carboxylic acids is 1. The largest absolute Gasteiger partial charge is 0.508 e. The highest BCUT2D eigenvalue weighted by molar-refractivity contribution is 6.00. The first-order valence-corrected chi connectivity index (χ1v) is 6.34. The standard InChI is InChI=1S/C16H16O5/c1-10-7-13(15(18)8-14(10)17)16(19)9-21-12-5-3-11(20-2)4-6-12/h3-8,17-18H,9H2,1-2H3. The first kappa shape index (κ1) is 14.7. The van der Waals surface area contributed by atoms with E-state index in [1.165, 1.54) is 6.07 Å². The van der Waals surface area contributed by atoms with E-state index in [2.05, 4.69) is 0 Å². The summed E-state index contributed by atoms with van der Waals surface area (Å²) in [5.74, 6) is 0.535. The Balaban J connectivity index is 2.06. The number of ether oxygens (including phenoxy) is 2. The van der Waals surface area contributed by atoms with Gasteiger partial charge in [-0.2, -0.15) is 0 Å². The monoisotopic (exact) mass is 288 g/mol. The summed E-state index contributed by atoms with van der Waals surface area (Å²) in [7, 11) is 1.56. The fourth-order valence-electron chi connectivity index (χ4n) is 1.81. The maximum absolute atomic E-state index is 12.0. The van der Waals surface area contributed by atoms with Crippen LogP contribution >= 0.6 is 0 Å². The lowest BCUT2D eigenvalue weighted by atomic mass is 10.1. The minimum Gasteiger partial charge on any atom is -0.508 e. The van der Waals surface area contributed by atoms with Crippen LogP contribution in [0.5, 0.6) is 23.0 Å². The van der Waals surface area contributed by atoms with E-state index in [1.807, 2.05) is 0 Å². The first-order chi connectivity index (χ1) is 10.0. The summed E-state index contributed by atoms with van der Waals surface area (Å²) in [5, 5.41) is 19.1. The van der Waals surface area contributed by atoms with Crippen molar-refractivity contribution in [3.05, 3.63) is 47.5 Å². The van der Waals surface area contributed by atoms with Gasteiger partial charge in [-0.25, -0.2) is 0 Å². The number of phenols is 2. The van der Waals surface area contributed by atoms with Gasteiger partial charge in [-0.3, -0.25) is 4.79 Å². The topological polar surface area (TPSA) is 76.0 Å². The summed E-state index contributed by atoms with van der Waals surface area (Å²) in [6.07, 6.45) is 0. The van der Waals surface area contributed by atoms with E-state index in [4.69, 9.17) is 9.47 Å². The van der Waals surface area contributed by atoms with E-state index in [0.717, 1.165) is 6.07 Å². The van der Waals surface area contributed by atoms with Crippen LogP contribution in [0.15, 0.2) is 36.4 Å². The molecule has 0 aliphatic heterocycles. The Bertz CT molecular complexity index is 646. The molecule has 0 heterocycles. The van der Waals surface area contributed by atoms with E-state index < -0.39 is 0 Å². The first-order valence-electron chi connectivity index (χ1n) is 6.34. The van der Waals surface area contributed by atoms with Crippen molar-refractivity contribution in [3.8, 4) is 23.0 Å². The summed E-state index contributed by atoms with van der Waals surface area (Å²) in [5.41, 5.74) is 0.638. The third-order valence-corrected chi connectivity index (χ3v) is 3.04. The molecule has 0 unspecified atom stereocenters. The van der Waals surface area contributed by atoms with Crippen LogP contribution < -0.4 is 9.47 Å². The second-order valence-corrected chi connectivity index (χ2v) is 4.54. The molecule has 0 radical (unpaired) electrons. The SMILES string of the molecule is COc1ccc(OCC(=O)c2cc(C)c(O)cc2O)cc1. The van der Waals surface area contributed by atoms with Crippen LogP contribution in [-0.2, 0) is 0 Å². The van der Waals surface area contributed by atoms with Gasteiger partial charge in [0.2, 0.25) is 5.78 Å². The molecule has 0 aliphatic carbocycles. The molecule has 2 N–H and O–H groups in total. The smallest absolute Gasteiger partial charge is 0.203 e. The van der Waals surface area contributed by atoms with Crippen molar-refractivity contribution in [3.63, 3.8) is 0 Å². The molecule has 21 heavy (non-hydrogen) atoms. The quantitative estimate of drug-likeness (QED) is 0.827. The molecule has 0 saturated heterocycles. The lowest BCUT2D eigenvalue weighted by Crippen LogP contribution is -2.12. The van der Waals surface area contributed by atoms with Gasteiger partial charge in [-0.1, -0.05) is 0 Å². The maximum atomic E-state index is 12.0. The third-order valence-electron chi connectivity index (χ3n) is 3.04. The van der Waals surface area contributed by atoms with Gasteiger partial charge in [0, 0.05) is 6.07 Å². The van der Waals surface area contributed by atoms with Gasteiger partial charge in [-0.05, 0) is 42.8 Å². The molecule has 0 aliphatic rings. The minimum atomic E-state index is -0.369. The lowest BCUT2D eigenvalue weighted by Gasteiger charge is -2.09. The Morgan fingerprint density at radius 1 is 1.05 bits per heavy atom. The number of hydrogen-bond acceptors (Lipinski definition) is 5. The molecule has 0 atom stereocenters. The fraction of sp³-hybridized carbons (Fsp3) is 0.188. The highest BCUT2D eigenvalue weighted by Crippen LogP contribution is 2.27. The molecule has 0 spiro atoms. The van der Waals surface area contributed by atoms with Crippen LogP contribution in [-0.4, -0.2) is 29.7 Å². The number of phenolic OH excluding ortho intramolecular Hbond substituents is 2.